The minimum Gasteiger partial charge on any atom is -0.389 e. The summed E-state index contributed by atoms with van der Waals surface area (Å²) in [5, 5.41) is 15.0. The Bertz CT molecular complexity index is 264. The normalized spacial score (nSPS) is 12.8. The van der Waals surface area contributed by atoms with Crippen LogP contribution in [0, 0.1) is 0 Å². The topological polar surface area (TPSA) is 41.5 Å². The maximum Gasteiger partial charge on any atom is 0.0897 e. The van der Waals surface area contributed by atoms with Crippen LogP contribution in [0.25, 0.3) is 0 Å². The molecular weight excluding hydrogens is 234 g/mol. The molecule has 1 rings (SSSR count). The molecule has 0 aliphatic rings. The van der Waals surface area contributed by atoms with E-state index in [4.69, 9.17) is 4.74 Å². The maximum absolute atomic E-state index is 9.62. The Balaban J connectivity index is 1.91. The minimum absolute atomic E-state index is 0.393. The van der Waals surface area contributed by atoms with Crippen LogP contribution in [0.1, 0.15) is 24.6 Å². The summed E-state index contributed by atoms with van der Waals surface area (Å²) in [6.45, 7) is 4.84. The molecule has 0 amide bonds. The summed E-state index contributed by atoms with van der Waals surface area (Å²) in [5.41, 5.74) is 0. The van der Waals surface area contributed by atoms with Crippen LogP contribution in [-0.2, 0) is 11.2 Å². The number of aliphatic hydroxyl groups is 1. The molecule has 17 heavy (non-hydrogen) atoms. The first kappa shape index (κ1) is 14.6. The van der Waals surface area contributed by atoms with Crippen molar-refractivity contribution in [1.29, 1.82) is 0 Å². The highest BCUT2D eigenvalue weighted by atomic mass is 32.1. The molecule has 1 aromatic rings. The Labute approximate surface area is 108 Å². The summed E-state index contributed by atoms with van der Waals surface area (Å²) < 4.78 is 5.35. The van der Waals surface area contributed by atoms with Crippen molar-refractivity contribution < 1.29 is 9.84 Å². The molecule has 1 aromatic heterocycles. The highest BCUT2D eigenvalue weighted by Crippen LogP contribution is 2.07. The second-order valence-electron chi connectivity index (χ2n) is 4.12. The second-order valence-corrected chi connectivity index (χ2v) is 5.15. The molecule has 0 bridgehead atoms. The van der Waals surface area contributed by atoms with Crippen molar-refractivity contribution in [2.45, 2.75) is 32.3 Å². The number of nitrogens with one attached hydrogen (secondary N) is 1. The zero-order valence-corrected chi connectivity index (χ0v) is 11.3. The Hall–Kier alpha value is -0.420. The van der Waals surface area contributed by atoms with Gasteiger partial charge in [-0.25, -0.2) is 0 Å². The van der Waals surface area contributed by atoms with Gasteiger partial charge in [-0.15, -0.1) is 11.3 Å². The van der Waals surface area contributed by atoms with Gasteiger partial charge in [0, 0.05) is 24.6 Å². The largest absolute Gasteiger partial charge is 0.389 e. The Kier molecular flexibility index (Phi) is 8.26. The summed E-state index contributed by atoms with van der Waals surface area (Å²) in [6.07, 6.45) is 2.84. The number of hydrogen-bond donors (Lipinski definition) is 2. The van der Waals surface area contributed by atoms with E-state index in [1.54, 1.807) is 11.3 Å². The first-order valence-corrected chi connectivity index (χ1v) is 7.19. The van der Waals surface area contributed by atoms with Gasteiger partial charge in [-0.2, -0.15) is 0 Å². The smallest absolute Gasteiger partial charge is 0.0897 e. The van der Waals surface area contributed by atoms with Crippen LogP contribution in [0.15, 0.2) is 17.5 Å². The van der Waals surface area contributed by atoms with E-state index >= 15 is 0 Å². The van der Waals surface area contributed by atoms with Gasteiger partial charge in [-0.3, -0.25) is 0 Å². The van der Waals surface area contributed by atoms with Gasteiger partial charge in [0.15, 0.2) is 0 Å². The molecule has 0 radical (unpaired) electrons. The third kappa shape index (κ3) is 7.49. The molecule has 4 heteroatoms. The quantitative estimate of drug-likeness (QED) is 0.630. The highest BCUT2D eigenvalue weighted by Gasteiger charge is 2.03. The summed E-state index contributed by atoms with van der Waals surface area (Å²) in [7, 11) is 0. The van der Waals surface area contributed by atoms with Crippen molar-refractivity contribution in [3.8, 4) is 0 Å². The number of hydrogen-bond acceptors (Lipinski definition) is 4. The SMILES string of the molecule is CCCCOCC(O)CNCCc1cccs1. The van der Waals surface area contributed by atoms with Crippen LogP contribution in [-0.4, -0.2) is 37.5 Å². The summed E-state index contributed by atoms with van der Waals surface area (Å²) in [5.74, 6) is 0. The molecule has 3 nitrogen and oxygen atoms in total. The lowest BCUT2D eigenvalue weighted by molar-refractivity contribution is 0.0361. The van der Waals surface area contributed by atoms with E-state index in [1.165, 1.54) is 4.88 Å². The molecule has 1 heterocycles. The lowest BCUT2D eigenvalue weighted by Gasteiger charge is -2.11. The Morgan fingerprint density at radius 1 is 1.53 bits per heavy atom. The van der Waals surface area contributed by atoms with Crippen molar-refractivity contribution >= 4 is 11.3 Å². The molecule has 1 unspecified atom stereocenters. The predicted molar refractivity (Wildman–Crippen MR) is 72.6 cm³/mol. The van der Waals surface area contributed by atoms with E-state index in [2.05, 4.69) is 29.8 Å². The van der Waals surface area contributed by atoms with E-state index in [-0.39, 0.29) is 0 Å². The molecule has 2 N–H and O–H groups in total. The van der Waals surface area contributed by atoms with Crippen LogP contribution in [0.5, 0.6) is 0 Å². The number of thiophene rings is 1. The van der Waals surface area contributed by atoms with Crippen LogP contribution in [0.4, 0.5) is 0 Å². The van der Waals surface area contributed by atoms with Crippen molar-refractivity contribution in [2.24, 2.45) is 0 Å². The molecular formula is C13H23NO2S. The monoisotopic (exact) mass is 257 g/mol. The van der Waals surface area contributed by atoms with Crippen LogP contribution >= 0.6 is 11.3 Å². The number of rotatable bonds is 10. The van der Waals surface area contributed by atoms with Crippen LogP contribution < -0.4 is 5.32 Å². The zero-order chi connectivity index (χ0) is 12.3. The summed E-state index contributed by atoms with van der Waals surface area (Å²) in [4.78, 5) is 1.38. The van der Waals surface area contributed by atoms with Gasteiger partial charge in [-0.05, 0) is 24.3 Å². The van der Waals surface area contributed by atoms with Crippen LogP contribution in [0.2, 0.25) is 0 Å². The molecule has 0 fully saturated rings. The van der Waals surface area contributed by atoms with E-state index in [0.29, 0.717) is 13.2 Å². The first-order chi connectivity index (χ1) is 8.33. The van der Waals surface area contributed by atoms with Crippen molar-refractivity contribution in [1.82, 2.24) is 5.32 Å². The molecule has 1 atom stereocenters. The minimum atomic E-state index is -0.393. The van der Waals surface area contributed by atoms with Gasteiger partial charge in [0.25, 0.3) is 0 Å². The second kappa shape index (κ2) is 9.59. The fraction of sp³-hybridized carbons (Fsp3) is 0.692. The molecule has 0 aromatic carbocycles. The van der Waals surface area contributed by atoms with Crippen molar-refractivity contribution in [3.63, 3.8) is 0 Å². The molecule has 0 spiro atoms. The predicted octanol–water partition coefficient (Wildman–Crippen LogP) is 2.06. The van der Waals surface area contributed by atoms with Gasteiger partial charge < -0.3 is 15.2 Å². The van der Waals surface area contributed by atoms with Crippen LogP contribution in [0.3, 0.4) is 0 Å². The Morgan fingerprint density at radius 2 is 2.41 bits per heavy atom. The van der Waals surface area contributed by atoms with Gasteiger partial charge in [0.2, 0.25) is 0 Å². The van der Waals surface area contributed by atoms with Gasteiger partial charge in [0.05, 0.1) is 12.7 Å². The lowest BCUT2D eigenvalue weighted by Crippen LogP contribution is -2.31. The van der Waals surface area contributed by atoms with E-state index in [1.807, 2.05) is 0 Å². The molecule has 0 aliphatic heterocycles. The van der Waals surface area contributed by atoms with Gasteiger partial charge in [-0.1, -0.05) is 19.4 Å². The Morgan fingerprint density at radius 3 is 3.12 bits per heavy atom. The summed E-state index contributed by atoms with van der Waals surface area (Å²) in [6, 6.07) is 4.20. The fourth-order valence-electron chi connectivity index (χ4n) is 1.46. The van der Waals surface area contributed by atoms with Crippen molar-refractivity contribution in [2.75, 3.05) is 26.3 Å². The van der Waals surface area contributed by atoms with E-state index in [9.17, 15) is 5.11 Å². The van der Waals surface area contributed by atoms with E-state index in [0.717, 1.165) is 32.4 Å². The third-order valence-corrected chi connectivity index (χ3v) is 3.40. The standard InChI is InChI=1S/C13H23NO2S/c1-2-3-8-16-11-12(15)10-14-7-6-13-5-4-9-17-13/h4-5,9,12,14-15H,2-3,6-8,10-11H2,1H3. The zero-order valence-electron chi connectivity index (χ0n) is 10.5. The molecule has 0 saturated carbocycles. The highest BCUT2D eigenvalue weighted by molar-refractivity contribution is 7.09. The number of aliphatic hydroxyl groups excluding tert-OH is 1. The average Bonchev–Trinajstić information content (AvgIpc) is 2.83. The third-order valence-electron chi connectivity index (χ3n) is 2.46. The lowest BCUT2D eigenvalue weighted by atomic mass is 10.3. The summed E-state index contributed by atoms with van der Waals surface area (Å²) >= 11 is 1.77. The maximum atomic E-state index is 9.62. The van der Waals surface area contributed by atoms with Crippen molar-refractivity contribution in [3.05, 3.63) is 22.4 Å². The first-order valence-electron chi connectivity index (χ1n) is 6.31. The molecule has 0 saturated heterocycles. The number of unbranched alkanes of at least 4 members (excludes halogenated alkanes) is 1. The van der Waals surface area contributed by atoms with Gasteiger partial charge in [0.1, 0.15) is 0 Å². The molecule has 0 aliphatic carbocycles. The number of ether oxygens (including phenoxy) is 1. The molecule has 98 valence electrons. The fourth-order valence-corrected chi connectivity index (χ4v) is 2.17. The van der Waals surface area contributed by atoms with Gasteiger partial charge >= 0.3 is 0 Å². The average molecular weight is 257 g/mol. The van der Waals surface area contributed by atoms with E-state index < -0.39 is 6.10 Å².